The molecule has 146 valence electrons. The molecule has 5 rings (SSSR count). The van der Waals surface area contributed by atoms with Gasteiger partial charge in [0.25, 0.3) is 0 Å². The van der Waals surface area contributed by atoms with Gasteiger partial charge in [0.1, 0.15) is 17.3 Å². The minimum atomic E-state index is 0.402. The van der Waals surface area contributed by atoms with Gasteiger partial charge in [-0.1, -0.05) is 29.3 Å². The molecular weight excluding hydrogens is 393 g/mol. The minimum Gasteiger partial charge on any atom is -0.314 e. The first-order valence-corrected chi connectivity index (χ1v) is 10.8. The zero-order chi connectivity index (χ0) is 19.1. The number of rotatable bonds is 2. The van der Waals surface area contributed by atoms with E-state index in [1.165, 1.54) is 5.56 Å². The predicted molar refractivity (Wildman–Crippen MR) is 113 cm³/mol. The molecule has 0 radical (unpaired) electrons. The van der Waals surface area contributed by atoms with E-state index in [-0.39, 0.29) is 0 Å². The first-order chi connectivity index (χ1) is 13.7. The summed E-state index contributed by atoms with van der Waals surface area (Å²) in [6.07, 6.45) is 14.1. The lowest BCUT2D eigenvalue weighted by Crippen LogP contribution is -2.36. The fraction of sp³-hybridized carbons (Fsp3) is 0.476. The molecule has 1 unspecified atom stereocenters. The Morgan fingerprint density at radius 1 is 1.04 bits per heavy atom. The smallest absolute Gasteiger partial charge is 0.149 e. The quantitative estimate of drug-likeness (QED) is 0.630. The van der Waals surface area contributed by atoms with Crippen LogP contribution in [0.2, 0.25) is 5.15 Å². The maximum atomic E-state index is 6.31. The molecule has 3 heterocycles. The van der Waals surface area contributed by atoms with Crippen molar-refractivity contribution in [3.63, 3.8) is 0 Å². The number of pyridine rings is 1. The maximum absolute atomic E-state index is 6.31. The molecule has 5 nitrogen and oxygen atoms in total. The largest absolute Gasteiger partial charge is 0.314 e. The Hall–Kier alpha value is -1.85. The van der Waals surface area contributed by atoms with Gasteiger partial charge in [0.05, 0.1) is 12.2 Å². The van der Waals surface area contributed by atoms with E-state index in [4.69, 9.17) is 33.3 Å². The van der Waals surface area contributed by atoms with Crippen LogP contribution in [0.4, 0.5) is 0 Å². The average Bonchev–Trinajstić information content (AvgIpc) is 3.02. The highest BCUT2D eigenvalue weighted by atomic mass is 35.5. The molecule has 1 saturated carbocycles. The van der Waals surface area contributed by atoms with E-state index < -0.39 is 0 Å². The van der Waals surface area contributed by atoms with Crippen molar-refractivity contribution < 1.29 is 0 Å². The first-order valence-electron chi connectivity index (χ1n) is 10.0. The number of aliphatic imine (C=N–C) groups is 1. The van der Waals surface area contributed by atoms with Crippen LogP contribution in [0.1, 0.15) is 50.0 Å². The summed E-state index contributed by atoms with van der Waals surface area (Å²) in [5.74, 6) is 2.00. The Morgan fingerprint density at radius 2 is 1.89 bits per heavy atom. The van der Waals surface area contributed by atoms with Gasteiger partial charge in [-0.25, -0.2) is 9.99 Å². The normalized spacial score (nSPS) is 29.5. The zero-order valence-corrected chi connectivity index (χ0v) is 17.1. The van der Waals surface area contributed by atoms with E-state index in [2.05, 4.69) is 21.0 Å². The molecular formula is C21H23Cl2N5. The molecule has 0 saturated heterocycles. The van der Waals surface area contributed by atoms with Crippen LogP contribution in [0.3, 0.4) is 0 Å². The summed E-state index contributed by atoms with van der Waals surface area (Å²) >= 11 is 12.5. The Balaban J connectivity index is 1.30. The molecule has 4 aliphatic rings. The van der Waals surface area contributed by atoms with Crippen molar-refractivity contribution in [2.75, 3.05) is 6.54 Å². The second-order valence-electron chi connectivity index (χ2n) is 7.98. The number of allylic oxidation sites excluding steroid dienone is 2. The Labute approximate surface area is 175 Å². The van der Waals surface area contributed by atoms with Crippen molar-refractivity contribution in [2.24, 2.45) is 16.0 Å². The maximum Gasteiger partial charge on any atom is 0.149 e. The van der Waals surface area contributed by atoms with E-state index in [0.29, 0.717) is 23.0 Å². The molecule has 2 aliphatic carbocycles. The van der Waals surface area contributed by atoms with Crippen molar-refractivity contribution >= 4 is 35.3 Å². The third-order valence-electron chi connectivity index (χ3n) is 6.32. The molecule has 28 heavy (non-hydrogen) atoms. The lowest BCUT2D eigenvalue weighted by atomic mass is 9.82. The van der Waals surface area contributed by atoms with E-state index in [9.17, 15) is 0 Å². The van der Waals surface area contributed by atoms with Crippen LogP contribution in [-0.4, -0.2) is 39.5 Å². The van der Waals surface area contributed by atoms with Crippen molar-refractivity contribution in [3.05, 3.63) is 52.2 Å². The highest BCUT2D eigenvalue weighted by Crippen LogP contribution is 2.39. The number of nitrogens with zero attached hydrogens (tertiary/aromatic N) is 5. The lowest BCUT2D eigenvalue weighted by molar-refractivity contribution is 0.180. The van der Waals surface area contributed by atoms with Crippen LogP contribution in [0, 0.1) is 5.92 Å². The highest BCUT2D eigenvalue weighted by Gasteiger charge is 2.35. The molecule has 1 aromatic heterocycles. The fourth-order valence-corrected chi connectivity index (χ4v) is 5.26. The van der Waals surface area contributed by atoms with E-state index in [1.54, 1.807) is 6.20 Å². The average molecular weight is 416 g/mol. The van der Waals surface area contributed by atoms with E-state index in [0.717, 1.165) is 61.6 Å². The van der Waals surface area contributed by atoms with Crippen LogP contribution < -0.4 is 0 Å². The van der Waals surface area contributed by atoms with Gasteiger partial charge in [-0.15, -0.1) is 0 Å². The third kappa shape index (κ3) is 3.35. The van der Waals surface area contributed by atoms with Crippen LogP contribution >= 0.6 is 23.2 Å². The summed E-state index contributed by atoms with van der Waals surface area (Å²) in [7, 11) is 0. The topological polar surface area (TPSA) is 44.1 Å². The van der Waals surface area contributed by atoms with Gasteiger partial charge in [-0.3, -0.25) is 4.99 Å². The van der Waals surface area contributed by atoms with E-state index >= 15 is 0 Å². The van der Waals surface area contributed by atoms with Gasteiger partial charge in [0.15, 0.2) is 0 Å². The summed E-state index contributed by atoms with van der Waals surface area (Å²) in [5, 5.41) is 8.46. The molecule has 0 bridgehead atoms. The fourth-order valence-electron chi connectivity index (χ4n) is 4.77. The number of aromatic nitrogens is 1. The summed E-state index contributed by atoms with van der Waals surface area (Å²) in [6.45, 7) is 0.923. The molecule has 7 heteroatoms. The second-order valence-corrected chi connectivity index (χ2v) is 8.83. The molecule has 1 atom stereocenters. The van der Waals surface area contributed by atoms with Crippen LogP contribution in [0.25, 0.3) is 0 Å². The van der Waals surface area contributed by atoms with Crippen molar-refractivity contribution in [1.82, 2.24) is 14.9 Å². The number of hydrogen-bond acceptors (Lipinski definition) is 5. The minimum absolute atomic E-state index is 0.402. The van der Waals surface area contributed by atoms with Gasteiger partial charge < -0.3 is 4.90 Å². The molecule has 0 spiro atoms. The van der Waals surface area contributed by atoms with Crippen LogP contribution in [0.15, 0.2) is 51.6 Å². The summed E-state index contributed by atoms with van der Waals surface area (Å²) in [6, 6.07) is 4.49. The first kappa shape index (κ1) is 18.2. The standard InChI is InChI=1S/C21H23Cl2N5/c22-16-6-3-15-12-27-13-26-28(20(27)11-25-19(15)10-16)17-7-4-14(5-8-17)18-2-1-9-24-21(18)23/h1-2,9-11,13-15,17H,3-8,12H2. The van der Waals surface area contributed by atoms with Gasteiger partial charge in [-0.2, -0.15) is 5.10 Å². The van der Waals surface area contributed by atoms with Gasteiger partial charge in [0.2, 0.25) is 0 Å². The van der Waals surface area contributed by atoms with Crippen LogP contribution in [-0.2, 0) is 0 Å². The Bertz CT molecular complexity index is 883. The molecule has 1 fully saturated rings. The monoisotopic (exact) mass is 415 g/mol. The van der Waals surface area contributed by atoms with E-state index in [1.807, 2.05) is 24.7 Å². The lowest BCUT2D eigenvalue weighted by Gasteiger charge is -2.35. The molecule has 0 N–H and O–H groups in total. The predicted octanol–water partition coefficient (Wildman–Crippen LogP) is 5.11. The van der Waals surface area contributed by atoms with Crippen molar-refractivity contribution in [3.8, 4) is 0 Å². The molecule has 2 aliphatic heterocycles. The number of fused-ring (bicyclic) bond motifs is 2. The molecule has 0 aromatic carbocycles. The SMILES string of the molecule is ClC1=CC2=NC=C3N(C=NN3C3CCC(c4cccnc4Cl)CC3)CC2CC1. The Morgan fingerprint density at radius 3 is 2.71 bits per heavy atom. The Kier molecular flexibility index (Phi) is 4.89. The number of halogens is 2. The van der Waals surface area contributed by atoms with Crippen molar-refractivity contribution in [2.45, 2.75) is 50.5 Å². The van der Waals surface area contributed by atoms with Gasteiger partial charge >= 0.3 is 0 Å². The van der Waals surface area contributed by atoms with Crippen LogP contribution in [0.5, 0.6) is 0 Å². The second kappa shape index (κ2) is 7.53. The highest BCUT2D eigenvalue weighted by molar-refractivity contribution is 6.31. The molecule has 1 aromatic rings. The summed E-state index contributed by atoms with van der Waals surface area (Å²) < 4.78 is 0. The zero-order valence-electron chi connectivity index (χ0n) is 15.6. The number of hydrogen-bond donors (Lipinski definition) is 0. The molecule has 0 amide bonds. The third-order valence-corrected chi connectivity index (χ3v) is 6.93. The van der Waals surface area contributed by atoms with Crippen molar-refractivity contribution in [1.29, 1.82) is 0 Å². The summed E-state index contributed by atoms with van der Waals surface area (Å²) in [5.41, 5.74) is 2.28. The van der Waals surface area contributed by atoms with Gasteiger partial charge in [0, 0.05) is 29.4 Å². The van der Waals surface area contributed by atoms with Gasteiger partial charge in [-0.05, 0) is 62.1 Å². The summed E-state index contributed by atoms with van der Waals surface area (Å²) in [4.78, 5) is 11.3. The number of hydrazone groups is 1.